The van der Waals surface area contributed by atoms with Gasteiger partial charge in [0.1, 0.15) is 0 Å². The smallest absolute Gasteiger partial charge is 0.407 e. The van der Waals surface area contributed by atoms with E-state index in [1.165, 1.54) is 0 Å². The minimum atomic E-state index is -2.14. The Morgan fingerprint density at radius 3 is 2.60 bits per heavy atom. The maximum Gasteiger partial charge on any atom is 0.407 e. The second-order valence-corrected chi connectivity index (χ2v) is 5.03. The number of carboxylic acid groups (broad SMARTS) is 1. The van der Waals surface area contributed by atoms with Crippen LogP contribution in [0.15, 0.2) is 30.3 Å². The van der Waals surface area contributed by atoms with E-state index in [4.69, 9.17) is 5.11 Å². The molecular weight excluding hydrogens is 263 g/mol. The molecule has 1 aromatic carbocycles. The summed E-state index contributed by atoms with van der Waals surface area (Å²) in [6, 6.07) is 8.89. The van der Waals surface area contributed by atoms with Crippen molar-refractivity contribution in [2.24, 2.45) is 0 Å². The number of benzene rings is 1. The van der Waals surface area contributed by atoms with E-state index in [0.29, 0.717) is 0 Å². The fourth-order valence-corrected chi connectivity index (χ4v) is 2.27. The van der Waals surface area contributed by atoms with Crippen LogP contribution in [-0.2, 0) is 4.79 Å². The molecule has 2 rings (SSSR count). The Balaban J connectivity index is 2.00. The molecule has 1 aromatic rings. The van der Waals surface area contributed by atoms with Crippen LogP contribution >= 0.6 is 0 Å². The number of carbonyl (C=O) groups is 2. The van der Waals surface area contributed by atoms with Gasteiger partial charge >= 0.3 is 6.09 Å². The Hall–Kier alpha value is -2.11. The summed E-state index contributed by atoms with van der Waals surface area (Å²) in [5.41, 5.74) is -1.26. The van der Waals surface area contributed by atoms with Crippen molar-refractivity contribution in [2.75, 3.05) is 13.1 Å². The van der Waals surface area contributed by atoms with E-state index < -0.39 is 24.2 Å². The molecule has 0 bridgehead atoms. The van der Waals surface area contributed by atoms with Crippen LogP contribution in [0.5, 0.6) is 0 Å². The van der Waals surface area contributed by atoms with Crippen molar-refractivity contribution in [3.05, 3.63) is 35.9 Å². The van der Waals surface area contributed by atoms with Crippen molar-refractivity contribution in [3.8, 4) is 0 Å². The third-order valence-corrected chi connectivity index (χ3v) is 3.54. The van der Waals surface area contributed by atoms with E-state index >= 15 is 0 Å². The molecule has 1 heterocycles. The second kappa shape index (κ2) is 5.48. The van der Waals surface area contributed by atoms with Crippen LogP contribution < -0.4 is 5.32 Å². The van der Waals surface area contributed by atoms with Gasteiger partial charge in [-0.15, -0.1) is 0 Å². The van der Waals surface area contributed by atoms with Gasteiger partial charge in [0.2, 0.25) is 5.67 Å². The maximum atomic E-state index is 14.5. The zero-order chi connectivity index (χ0) is 14.8. The molecule has 2 atom stereocenters. The van der Waals surface area contributed by atoms with E-state index in [0.717, 1.165) is 10.5 Å². The Labute approximate surface area is 116 Å². The van der Waals surface area contributed by atoms with E-state index in [1.807, 2.05) is 30.3 Å². The number of nitrogens with zero attached hydrogens (tertiary/aromatic N) is 1. The van der Waals surface area contributed by atoms with Crippen molar-refractivity contribution in [3.63, 3.8) is 0 Å². The Morgan fingerprint density at radius 2 is 2.05 bits per heavy atom. The summed E-state index contributed by atoms with van der Waals surface area (Å²) in [5.74, 6) is -0.752. The summed E-state index contributed by atoms with van der Waals surface area (Å²) in [6.45, 7) is 1.40. The topological polar surface area (TPSA) is 69.6 Å². The molecule has 1 fully saturated rings. The highest BCUT2D eigenvalue weighted by Crippen LogP contribution is 2.27. The highest BCUT2D eigenvalue weighted by Gasteiger charge is 2.47. The monoisotopic (exact) mass is 280 g/mol. The maximum absolute atomic E-state index is 14.5. The Morgan fingerprint density at radius 1 is 1.40 bits per heavy atom. The summed E-state index contributed by atoms with van der Waals surface area (Å²) in [5, 5.41) is 11.4. The van der Waals surface area contributed by atoms with Crippen LogP contribution in [0.25, 0.3) is 0 Å². The molecular formula is C14H17FN2O3. The lowest BCUT2D eigenvalue weighted by molar-refractivity contribution is -0.132. The molecule has 108 valence electrons. The minimum Gasteiger partial charge on any atom is -0.465 e. The molecule has 2 unspecified atom stereocenters. The third kappa shape index (κ3) is 2.89. The van der Waals surface area contributed by atoms with Crippen molar-refractivity contribution < 1.29 is 19.1 Å². The van der Waals surface area contributed by atoms with Gasteiger partial charge in [0.15, 0.2) is 0 Å². The van der Waals surface area contributed by atoms with Gasteiger partial charge < -0.3 is 15.3 Å². The lowest BCUT2D eigenvalue weighted by Crippen LogP contribution is -2.46. The van der Waals surface area contributed by atoms with E-state index in [2.05, 4.69) is 5.32 Å². The SMILES string of the molecule is CC(NC(=O)C1(F)CCN(C(=O)O)C1)c1ccccc1. The number of hydrogen-bond donors (Lipinski definition) is 2. The first-order valence-corrected chi connectivity index (χ1v) is 6.45. The van der Waals surface area contributed by atoms with Gasteiger partial charge in [0.25, 0.3) is 5.91 Å². The van der Waals surface area contributed by atoms with Crippen LogP contribution in [-0.4, -0.2) is 40.8 Å². The van der Waals surface area contributed by atoms with Gasteiger partial charge in [-0.05, 0) is 12.5 Å². The first-order valence-electron chi connectivity index (χ1n) is 6.45. The first kappa shape index (κ1) is 14.3. The number of likely N-dealkylation sites (tertiary alicyclic amines) is 1. The van der Waals surface area contributed by atoms with Gasteiger partial charge in [-0.25, -0.2) is 9.18 Å². The summed E-state index contributed by atoms with van der Waals surface area (Å²) in [4.78, 5) is 23.7. The molecule has 2 amide bonds. The predicted molar refractivity (Wildman–Crippen MR) is 71.1 cm³/mol. The Bertz CT molecular complexity index is 508. The van der Waals surface area contributed by atoms with Gasteiger partial charge in [-0.2, -0.15) is 0 Å². The van der Waals surface area contributed by atoms with Crippen LogP contribution in [0.2, 0.25) is 0 Å². The lowest BCUT2D eigenvalue weighted by atomic mass is 10.0. The average Bonchev–Trinajstić information content (AvgIpc) is 2.84. The van der Waals surface area contributed by atoms with Gasteiger partial charge in [0, 0.05) is 13.0 Å². The van der Waals surface area contributed by atoms with Crippen molar-refractivity contribution in [1.82, 2.24) is 10.2 Å². The first-order chi connectivity index (χ1) is 9.42. The molecule has 0 spiro atoms. The number of halogens is 1. The zero-order valence-corrected chi connectivity index (χ0v) is 11.2. The standard InChI is InChI=1S/C14H17FN2O3/c1-10(11-5-3-2-4-6-11)16-12(18)14(15)7-8-17(9-14)13(19)20/h2-6,10H,7-9H2,1H3,(H,16,18)(H,19,20). The number of carbonyl (C=O) groups excluding carboxylic acids is 1. The molecule has 0 aliphatic carbocycles. The van der Waals surface area contributed by atoms with Crippen molar-refractivity contribution in [2.45, 2.75) is 25.1 Å². The second-order valence-electron chi connectivity index (χ2n) is 5.03. The fourth-order valence-electron chi connectivity index (χ4n) is 2.27. The van der Waals surface area contributed by atoms with Crippen LogP contribution in [0.1, 0.15) is 24.9 Å². The molecule has 1 saturated heterocycles. The molecule has 0 aromatic heterocycles. The van der Waals surface area contributed by atoms with Crippen molar-refractivity contribution in [1.29, 1.82) is 0 Å². The summed E-state index contributed by atoms with van der Waals surface area (Å²) in [6.07, 6.45) is -1.31. The molecule has 20 heavy (non-hydrogen) atoms. The summed E-state index contributed by atoms with van der Waals surface area (Å²) >= 11 is 0. The molecule has 1 aliphatic heterocycles. The molecule has 0 saturated carbocycles. The number of rotatable bonds is 3. The zero-order valence-electron chi connectivity index (χ0n) is 11.2. The number of alkyl halides is 1. The van der Waals surface area contributed by atoms with E-state index in [-0.39, 0.29) is 19.0 Å². The molecule has 2 N–H and O–H groups in total. The van der Waals surface area contributed by atoms with Crippen molar-refractivity contribution >= 4 is 12.0 Å². The molecule has 6 heteroatoms. The largest absolute Gasteiger partial charge is 0.465 e. The number of nitrogens with one attached hydrogen (secondary N) is 1. The third-order valence-electron chi connectivity index (χ3n) is 3.54. The van der Waals surface area contributed by atoms with Gasteiger partial charge in [-0.3, -0.25) is 4.79 Å². The molecule has 0 radical (unpaired) electrons. The van der Waals surface area contributed by atoms with Crippen LogP contribution in [0.3, 0.4) is 0 Å². The molecule has 5 nitrogen and oxygen atoms in total. The Kier molecular flexibility index (Phi) is 3.92. The highest BCUT2D eigenvalue weighted by molar-refractivity contribution is 5.87. The van der Waals surface area contributed by atoms with Crippen LogP contribution in [0, 0.1) is 0 Å². The molecule has 1 aliphatic rings. The predicted octanol–water partition coefficient (Wildman–Crippen LogP) is 1.96. The number of amides is 2. The van der Waals surface area contributed by atoms with Crippen LogP contribution in [0.4, 0.5) is 9.18 Å². The minimum absolute atomic E-state index is 0.0406. The lowest BCUT2D eigenvalue weighted by Gasteiger charge is -2.22. The average molecular weight is 280 g/mol. The van der Waals surface area contributed by atoms with Gasteiger partial charge in [-0.1, -0.05) is 30.3 Å². The fraction of sp³-hybridized carbons (Fsp3) is 0.429. The number of hydrogen-bond acceptors (Lipinski definition) is 2. The van der Waals surface area contributed by atoms with E-state index in [9.17, 15) is 14.0 Å². The van der Waals surface area contributed by atoms with Gasteiger partial charge in [0.05, 0.1) is 12.6 Å². The quantitative estimate of drug-likeness (QED) is 0.889. The summed E-state index contributed by atoms with van der Waals surface area (Å²) < 4.78 is 14.5. The highest BCUT2D eigenvalue weighted by atomic mass is 19.1. The summed E-state index contributed by atoms with van der Waals surface area (Å²) in [7, 11) is 0. The van der Waals surface area contributed by atoms with E-state index in [1.54, 1.807) is 6.92 Å². The normalized spacial score (nSPS) is 23.4.